The Labute approximate surface area is 173 Å². The van der Waals surface area contributed by atoms with E-state index in [1.54, 1.807) is 12.1 Å². The number of benzene rings is 2. The minimum absolute atomic E-state index is 0.0354. The number of carbonyl (C=O) groups is 3. The standard InChI is InChI=1S/C19H21FN4O5S/c1-24(30(28,29)14-8-6-13(20)7-9-14)12-18(26)23-16-5-3-2-4-15(16)19(27)22-11-10-17(21)25/h2-9H,10-12H2,1H3,(H2,21,25)(H,22,27)(H,23,26). The van der Waals surface area contributed by atoms with Crippen LogP contribution in [0.2, 0.25) is 0 Å². The molecule has 9 nitrogen and oxygen atoms in total. The number of para-hydroxylation sites is 1. The second kappa shape index (κ2) is 9.94. The van der Waals surface area contributed by atoms with Gasteiger partial charge in [-0.1, -0.05) is 12.1 Å². The molecule has 3 amide bonds. The van der Waals surface area contributed by atoms with E-state index < -0.39 is 40.1 Å². The van der Waals surface area contributed by atoms with Crippen molar-refractivity contribution in [3.05, 3.63) is 59.9 Å². The van der Waals surface area contributed by atoms with Gasteiger partial charge in [-0.2, -0.15) is 4.31 Å². The van der Waals surface area contributed by atoms with Crippen LogP contribution in [0.1, 0.15) is 16.8 Å². The molecular weight excluding hydrogens is 415 g/mol. The van der Waals surface area contributed by atoms with Crippen LogP contribution in [-0.4, -0.2) is 50.6 Å². The first-order valence-electron chi connectivity index (χ1n) is 8.78. The number of carbonyl (C=O) groups excluding carboxylic acids is 3. The normalized spacial score (nSPS) is 11.2. The van der Waals surface area contributed by atoms with Crippen molar-refractivity contribution in [2.75, 3.05) is 25.5 Å². The number of nitrogens with one attached hydrogen (secondary N) is 2. The molecule has 0 saturated heterocycles. The van der Waals surface area contributed by atoms with E-state index in [1.165, 1.54) is 19.2 Å². The zero-order valence-electron chi connectivity index (χ0n) is 16.1. The molecule has 0 spiro atoms. The molecule has 0 radical (unpaired) electrons. The number of nitrogens with two attached hydrogens (primary N) is 1. The summed E-state index contributed by atoms with van der Waals surface area (Å²) in [6.45, 7) is -0.494. The topological polar surface area (TPSA) is 139 Å². The summed E-state index contributed by atoms with van der Waals surface area (Å²) >= 11 is 0. The number of primary amides is 1. The molecule has 2 rings (SSSR count). The number of likely N-dealkylation sites (N-methyl/N-ethyl adjacent to an activating group) is 1. The van der Waals surface area contributed by atoms with Crippen LogP contribution in [0.15, 0.2) is 53.4 Å². The lowest BCUT2D eigenvalue weighted by Crippen LogP contribution is -2.35. The Balaban J connectivity index is 2.06. The van der Waals surface area contributed by atoms with Crippen LogP contribution in [0.25, 0.3) is 0 Å². The van der Waals surface area contributed by atoms with Gasteiger partial charge in [0, 0.05) is 20.0 Å². The lowest BCUT2D eigenvalue weighted by atomic mass is 10.1. The Morgan fingerprint density at radius 1 is 1.07 bits per heavy atom. The van der Waals surface area contributed by atoms with Crippen molar-refractivity contribution in [2.45, 2.75) is 11.3 Å². The van der Waals surface area contributed by atoms with Crippen LogP contribution in [0.5, 0.6) is 0 Å². The average Bonchev–Trinajstić information content (AvgIpc) is 2.68. The number of hydrogen-bond donors (Lipinski definition) is 3. The van der Waals surface area contributed by atoms with Gasteiger partial charge >= 0.3 is 0 Å². The highest BCUT2D eigenvalue weighted by atomic mass is 32.2. The van der Waals surface area contributed by atoms with Crippen LogP contribution in [0.3, 0.4) is 0 Å². The summed E-state index contributed by atoms with van der Waals surface area (Å²) in [6, 6.07) is 10.3. The fourth-order valence-electron chi connectivity index (χ4n) is 2.45. The van der Waals surface area contributed by atoms with Crippen LogP contribution in [0, 0.1) is 5.82 Å². The van der Waals surface area contributed by atoms with Gasteiger partial charge in [0.2, 0.25) is 21.8 Å². The van der Waals surface area contributed by atoms with E-state index in [0.29, 0.717) is 0 Å². The molecule has 0 aromatic heterocycles. The molecule has 11 heteroatoms. The highest BCUT2D eigenvalue weighted by molar-refractivity contribution is 7.89. The average molecular weight is 436 g/mol. The number of nitrogens with zero attached hydrogens (tertiary/aromatic N) is 1. The molecule has 0 atom stereocenters. The highest BCUT2D eigenvalue weighted by Crippen LogP contribution is 2.17. The third-order valence-corrected chi connectivity index (χ3v) is 5.81. The Bertz CT molecular complexity index is 1040. The fourth-order valence-corrected chi connectivity index (χ4v) is 3.58. The third-order valence-electron chi connectivity index (χ3n) is 3.99. The van der Waals surface area contributed by atoms with Gasteiger partial charge in [-0.15, -0.1) is 0 Å². The molecule has 2 aromatic carbocycles. The van der Waals surface area contributed by atoms with Crippen LogP contribution in [0.4, 0.5) is 10.1 Å². The van der Waals surface area contributed by atoms with Gasteiger partial charge < -0.3 is 16.4 Å². The van der Waals surface area contributed by atoms with Crippen molar-refractivity contribution < 1.29 is 27.2 Å². The van der Waals surface area contributed by atoms with E-state index in [0.717, 1.165) is 28.6 Å². The number of halogens is 1. The maximum Gasteiger partial charge on any atom is 0.253 e. The quantitative estimate of drug-likeness (QED) is 0.531. The van der Waals surface area contributed by atoms with E-state index in [4.69, 9.17) is 5.73 Å². The van der Waals surface area contributed by atoms with Gasteiger partial charge in [0.15, 0.2) is 0 Å². The minimum atomic E-state index is -4.01. The molecule has 160 valence electrons. The number of rotatable bonds is 9. The predicted molar refractivity (Wildman–Crippen MR) is 107 cm³/mol. The molecule has 2 aromatic rings. The zero-order chi connectivity index (χ0) is 22.3. The monoisotopic (exact) mass is 436 g/mol. The lowest BCUT2D eigenvalue weighted by molar-refractivity contribution is -0.118. The first-order chi connectivity index (χ1) is 14.1. The summed E-state index contributed by atoms with van der Waals surface area (Å²) in [5.74, 6) is -2.36. The van der Waals surface area contributed by atoms with Crippen molar-refractivity contribution in [2.24, 2.45) is 5.73 Å². The molecule has 0 heterocycles. The second-order valence-corrected chi connectivity index (χ2v) is 8.33. The second-order valence-electron chi connectivity index (χ2n) is 6.28. The van der Waals surface area contributed by atoms with Crippen LogP contribution < -0.4 is 16.4 Å². The maximum absolute atomic E-state index is 13.0. The van der Waals surface area contributed by atoms with Crippen LogP contribution >= 0.6 is 0 Å². The summed E-state index contributed by atoms with van der Waals surface area (Å²) in [6.07, 6.45) is -0.0354. The maximum atomic E-state index is 13.0. The molecule has 0 saturated carbocycles. The highest BCUT2D eigenvalue weighted by Gasteiger charge is 2.23. The van der Waals surface area contributed by atoms with E-state index >= 15 is 0 Å². The van der Waals surface area contributed by atoms with Gasteiger partial charge in [0.1, 0.15) is 5.82 Å². The third kappa shape index (κ3) is 6.09. The Morgan fingerprint density at radius 3 is 2.33 bits per heavy atom. The molecule has 0 bridgehead atoms. The summed E-state index contributed by atoms with van der Waals surface area (Å²) in [5, 5.41) is 5.00. The first-order valence-corrected chi connectivity index (χ1v) is 10.2. The van der Waals surface area contributed by atoms with Crippen molar-refractivity contribution in [1.29, 1.82) is 0 Å². The van der Waals surface area contributed by atoms with Gasteiger partial charge in [-0.05, 0) is 36.4 Å². The van der Waals surface area contributed by atoms with Crippen molar-refractivity contribution >= 4 is 33.4 Å². The van der Waals surface area contributed by atoms with Gasteiger partial charge in [-0.25, -0.2) is 12.8 Å². The largest absolute Gasteiger partial charge is 0.370 e. The summed E-state index contributed by atoms with van der Waals surface area (Å²) < 4.78 is 38.8. The number of sulfonamides is 1. The van der Waals surface area contributed by atoms with Crippen LogP contribution in [-0.2, 0) is 19.6 Å². The summed E-state index contributed by atoms with van der Waals surface area (Å²) in [7, 11) is -2.80. The SMILES string of the molecule is CN(CC(=O)Nc1ccccc1C(=O)NCCC(N)=O)S(=O)(=O)c1ccc(F)cc1. The van der Waals surface area contributed by atoms with Gasteiger partial charge in [-0.3, -0.25) is 14.4 Å². The van der Waals surface area contributed by atoms with E-state index in [2.05, 4.69) is 10.6 Å². The number of anilines is 1. The van der Waals surface area contributed by atoms with Crippen molar-refractivity contribution in [3.63, 3.8) is 0 Å². The van der Waals surface area contributed by atoms with Gasteiger partial charge in [0.25, 0.3) is 5.91 Å². The molecule has 0 aliphatic carbocycles. The molecule has 0 unspecified atom stereocenters. The lowest BCUT2D eigenvalue weighted by Gasteiger charge is -2.17. The van der Waals surface area contributed by atoms with E-state index in [1.807, 2.05) is 0 Å². The molecule has 0 fully saturated rings. The van der Waals surface area contributed by atoms with Gasteiger partial charge in [0.05, 0.1) is 22.7 Å². The Kier molecular flexibility index (Phi) is 7.61. The summed E-state index contributed by atoms with van der Waals surface area (Å²) in [4.78, 5) is 35.2. The van der Waals surface area contributed by atoms with Crippen molar-refractivity contribution in [1.82, 2.24) is 9.62 Å². The minimum Gasteiger partial charge on any atom is -0.370 e. The number of amides is 3. The van der Waals surface area contributed by atoms with E-state index in [9.17, 15) is 27.2 Å². The van der Waals surface area contributed by atoms with Crippen molar-refractivity contribution in [3.8, 4) is 0 Å². The molecule has 0 aliphatic rings. The predicted octanol–water partition coefficient (Wildman–Crippen LogP) is 0.690. The molecule has 30 heavy (non-hydrogen) atoms. The summed E-state index contributed by atoms with van der Waals surface area (Å²) in [5.41, 5.74) is 5.34. The van der Waals surface area contributed by atoms with E-state index in [-0.39, 0.29) is 29.1 Å². The number of hydrogen-bond acceptors (Lipinski definition) is 5. The molecular formula is C19H21FN4O5S. The smallest absolute Gasteiger partial charge is 0.253 e. The first kappa shape index (κ1) is 23.0. The zero-order valence-corrected chi connectivity index (χ0v) is 16.9. The Morgan fingerprint density at radius 2 is 1.70 bits per heavy atom. The molecule has 4 N–H and O–H groups in total. The Hall–Kier alpha value is -3.31. The molecule has 0 aliphatic heterocycles. The fraction of sp³-hybridized carbons (Fsp3) is 0.211.